The molecular formula is C28H28ClNO6. The molecule has 0 radical (unpaired) electrons. The lowest BCUT2D eigenvalue weighted by Gasteiger charge is -2.14. The number of ether oxygens (including phenoxy) is 3. The van der Waals surface area contributed by atoms with Crippen LogP contribution in [0.3, 0.4) is 0 Å². The summed E-state index contributed by atoms with van der Waals surface area (Å²) in [4.78, 5) is 36.5. The lowest BCUT2D eigenvalue weighted by molar-refractivity contribution is -0.131. The fraction of sp³-hybridized carbons (Fsp3) is 0.321. The van der Waals surface area contributed by atoms with Crippen molar-refractivity contribution in [3.8, 4) is 16.9 Å². The highest BCUT2D eigenvalue weighted by Gasteiger charge is 2.22. The molecule has 0 unspecified atom stereocenters. The zero-order chi connectivity index (χ0) is 25.8. The van der Waals surface area contributed by atoms with Crippen molar-refractivity contribution >= 4 is 29.3 Å². The van der Waals surface area contributed by atoms with Crippen molar-refractivity contribution in [2.75, 3.05) is 13.2 Å². The molecule has 0 N–H and O–H groups in total. The molecule has 0 spiro atoms. The Morgan fingerprint density at radius 1 is 1.06 bits per heavy atom. The van der Waals surface area contributed by atoms with Crippen molar-refractivity contribution in [3.63, 3.8) is 0 Å². The number of ketones is 1. The Labute approximate surface area is 214 Å². The number of Topliss-reactive ketones (excluding diaryl/α,β-unsaturated/α-hetero) is 1. The van der Waals surface area contributed by atoms with E-state index in [1.807, 2.05) is 19.9 Å². The predicted octanol–water partition coefficient (Wildman–Crippen LogP) is 5.57. The maximum absolute atomic E-state index is 12.8. The summed E-state index contributed by atoms with van der Waals surface area (Å²) in [6.45, 7) is 6.33. The van der Waals surface area contributed by atoms with Crippen molar-refractivity contribution in [1.82, 2.24) is 4.57 Å². The van der Waals surface area contributed by atoms with Gasteiger partial charge in [0.15, 0.2) is 6.61 Å². The monoisotopic (exact) mass is 509 g/mol. The number of carbonyl (C=O) groups is 3. The SMILES string of the molecule is CC(=O)Oc1ccc(-c2ccc(C(=O)OCC(=O)c3cc(C)n(C[C@H]4CCCO4)c3C)cc2)cc1Cl. The summed E-state index contributed by atoms with van der Waals surface area (Å²) in [6, 6.07) is 13.7. The summed E-state index contributed by atoms with van der Waals surface area (Å²) in [5, 5.41) is 0.305. The highest BCUT2D eigenvalue weighted by atomic mass is 35.5. The van der Waals surface area contributed by atoms with Crippen LogP contribution in [-0.4, -0.2) is 41.6 Å². The van der Waals surface area contributed by atoms with E-state index in [2.05, 4.69) is 4.57 Å². The molecule has 188 valence electrons. The third-order valence-corrected chi connectivity index (χ3v) is 6.55. The number of carbonyl (C=O) groups excluding carboxylic acids is 3. The first-order valence-electron chi connectivity index (χ1n) is 11.8. The summed E-state index contributed by atoms with van der Waals surface area (Å²) < 4.78 is 18.2. The summed E-state index contributed by atoms with van der Waals surface area (Å²) in [7, 11) is 0. The van der Waals surface area contributed by atoms with Gasteiger partial charge in [-0.3, -0.25) is 9.59 Å². The third kappa shape index (κ3) is 5.86. The van der Waals surface area contributed by atoms with Crippen LogP contribution in [0.1, 0.15) is 51.9 Å². The fourth-order valence-electron chi connectivity index (χ4n) is 4.37. The molecule has 1 saturated heterocycles. The lowest BCUT2D eigenvalue weighted by Crippen LogP contribution is -2.18. The van der Waals surface area contributed by atoms with Gasteiger partial charge in [0, 0.05) is 37.0 Å². The fourth-order valence-corrected chi connectivity index (χ4v) is 4.58. The highest BCUT2D eigenvalue weighted by Crippen LogP contribution is 2.31. The van der Waals surface area contributed by atoms with Gasteiger partial charge in [0.1, 0.15) is 5.75 Å². The molecule has 1 aliphatic rings. The van der Waals surface area contributed by atoms with Gasteiger partial charge in [0.05, 0.1) is 16.7 Å². The molecular weight excluding hydrogens is 482 g/mol. The van der Waals surface area contributed by atoms with Crippen molar-refractivity contribution in [2.45, 2.75) is 46.3 Å². The highest BCUT2D eigenvalue weighted by molar-refractivity contribution is 6.32. The predicted molar refractivity (Wildman–Crippen MR) is 136 cm³/mol. The molecule has 4 rings (SSSR count). The molecule has 2 aromatic carbocycles. The van der Waals surface area contributed by atoms with E-state index in [-0.39, 0.29) is 24.2 Å². The van der Waals surface area contributed by atoms with Gasteiger partial charge in [-0.25, -0.2) is 4.79 Å². The maximum atomic E-state index is 12.8. The van der Waals surface area contributed by atoms with Gasteiger partial charge in [0.25, 0.3) is 0 Å². The summed E-state index contributed by atoms with van der Waals surface area (Å²) in [5.74, 6) is -0.988. The first-order chi connectivity index (χ1) is 17.2. The van der Waals surface area contributed by atoms with Crippen LogP contribution >= 0.6 is 11.6 Å². The molecule has 1 aromatic heterocycles. The molecule has 36 heavy (non-hydrogen) atoms. The lowest BCUT2D eigenvalue weighted by atomic mass is 10.0. The quantitative estimate of drug-likeness (QED) is 0.224. The number of rotatable bonds is 8. The van der Waals surface area contributed by atoms with E-state index in [1.165, 1.54) is 6.92 Å². The Bertz CT molecular complexity index is 1290. The van der Waals surface area contributed by atoms with Crippen molar-refractivity contribution in [1.29, 1.82) is 0 Å². The van der Waals surface area contributed by atoms with Gasteiger partial charge < -0.3 is 18.8 Å². The van der Waals surface area contributed by atoms with Crippen LogP contribution in [0.25, 0.3) is 11.1 Å². The van der Waals surface area contributed by atoms with Crippen molar-refractivity contribution in [2.24, 2.45) is 0 Å². The van der Waals surface area contributed by atoms with Crippen LogP contribution in [0, 0.1) is 13.8 Å². The van der Waals surface area contributed by atoms with Gasteiger partial charge in [-0.2, -0.15) is 0 Å². The van der Waals surface area contributed by atoms with E-state index >= 15 is 0 Å². The minimum absolute atomic E-state index is 0.168. The van der Waals surface area contributed by atoms with E-state index in [1.54, 1.807) is 42.5 Å². The third-order valence-electron chi connectivity index (χ3n) is 6.26. The minimum Gasteiger partial charge on any atom is -0.454 e. The molecule has 1 aliphatic heterocycles. The minimum atomic E-state index is -0.577. The number of hydrogen-bond acceptors (Lipinski definition) is 6. The second kappa shape index (κ2) is 11.1. The molecule has 1 fully saturated rings. The summed E-state index contributed by atoms with van der Waals surface area (Å²) in [5.41, 5.74) is 4.34. The van der Waals surface area contributed by atoms with Gasteiger partial charge in [0.2, 0.25) is 5.78 Å². The zero-order valence-electron chi connectivity index (χ0n) is 20.5. The van der Waals surface area contributed by atoms with E-state index in [4.69, 9.17) is 25.8 Å². The Balaban J connectivity index is 1.37. The van der Waals surface area contributed by atoms with Gasteiger partial charge in [-0.15, -0.1) is 0 Å². The standard InChI is InChI=1S/C28H28ClNO6/c1-17-13-24(18(2)30(17)15-23-5-4-12-34-23)26(32)16-35-28(33)21-8-6-20(7-9-21)22-10-11-27(25(29)14-22)36-19(3)31/h6-11,13-14,23H,4-5,12,15-16H2,1-3H3/t23-/m1/s1. The maximum Gasteiger partial charge on any atom is 0.338 e. The molecule has 0 saturated carbocycles. The molecule has 3 aromatic rings. The van der Waals surface area contributed by atoms with Crippen LogP contribution in [0.4, 0.5) is 0 Å². The number of halogens is 1. The second-order valence-corrected chi connectivity index (χ2v) is 9.25. The van der Waals surface area contributed by atoms with Crippen LogP contribution in [0.2, 0.25) is 5.02 Å². The van der Waals surface area contributed by atoms with Crippen LogP contribution in [-0.2, 0) is 20.8 Å². The number of benzene rings is 2. The number of aryl methyl sites for hydroxylation is 1. The Morgan fingerprint density at radius 2 is 1.78 bits per heavy atom. The number of hydrogen-bond donors (Lipinski definition) is 0. The van der Waals surface area contributed by atoms with Crippen LogP contribution < -0.4 is 4.74 Å². The molecule has 0 amide bonds. The molecule has 2 heterocycles. The number of esters is 2. The van der Waals surface area contributed by atoms with E-state index in [9.17, 15) is 14.4 Å². The van der Waals surface area contributed by atoms with Gasteiger partial charge in [-0.05, 0) is 68.1 Å². The average Bonchev–Trinajstić information content (AvgIpc) is 3.47. The number of nitrogens with zero attached hydrogens (tertiary/aromatic N) is 1. The van der Waals surface area contributed by atoms with Crippen molar-refractivity contribution in [3.05, 3.63) is 76.1 Å². The van der Waals surface area contributed by atoms with Crippen LogP contribution in [0.5, 0.6) is 5.75 Å². The summed E-state index contributed by atoms with van der Waals surface area (Å²) in [6.07, 6.45) is 2.24. The smallest absolute Gasteiger partial charge is 0.338 e. The topological polar surface area (TPSA) is 83.8 Å². The Morgan fingerprint density at radius 3 is 2.42 bits per heavy atom. The van der Waals surface area contributed by atoms with E-state index in [0.717, 1.165) is 48.5 Å². The Hall–Kier alpha value is -3.42. The van der Waals surface area contributed by atoms with Crippen molar-refractivity contribution < 1.29 is 28.6 Å². The second-order valence-electron chi connectivity index (χ2n) is 8.85. The molecule has 0 aliphatic carbocycles. The first kappa shape index (κ1) is 25.7. The number of aromatic nitrogens is 1. The normalized spacial score (nSPS) is 15.1. The van der Waals surface area contributed by atoms with Crippen LogP contribution in [0.15, 0.2) is 48.5 Å². The zero-order valence-corrected chi connectivity index (χ0v) is 21.3. The molecule has 0 bridgehead atoms. The molecule has 8 heteroatoms. The van der Waals surface area contributed by atoms with E-state index < -0.39 is 11.9 Å². The van der Waals surface area contributed by atoms with Gasteiger partial charge >= 0.3 is 11.9 Å². The summed E-state index contributed by atoms with van der Waals surface area (Å²) >= 11 is 6.20. The molecule has 1 atom stereocenters. The molecule has 7 nitrogen and oxygen atoms in total. The first-order valence-corrected chi connectivity index (χ1v) is 12.2. The average molecular weight is 510 g/mol. The van der Waals surface area contributed by atoms with E-state index in [0.29, 0.717) is 16.1 Å². The largest absolute Gasteiger partial charge is 0.454 e. The van der Waals surface area contributed by atoms with Gasteiger partial charge in [-0.1, -0.05) is 29.8 Å². The Kier molecular flexibility index (Phi) is 7.91.